The van der Waals surface area contributed by atoms with E-state index in [0.29, 0.717) is 11.3 Å². The van der Waals surface area contributed by atoms with E-state index in [1.807, 2.05) is 6.07 Å². The summed E-state index contributed by atoms with van der Waals surface area (Å²) in [6, 6.07) is 5.42. The lowest BCUT2D eigenvalue weighted by molar-refractivity contribution is -0.479. The van der Waals surface area contributed by atoms with Gasteiger partial charge in [0, 0.05) is 16.2 Å². The van der Waals surface area contributed by atoms with Crippen LogP contribution in [0.25, 0.3) is 0 Å². The maximum atomic E-state index is 9.99. The molecule has 0 aliphatic heterocycles. The molecule has 5 heteroatoms. The Hall–Kier alpha value is -1.41. The van der Waals surface area contributed by atoms with E-state index in [4.69, 9.17) is 5.26 Å². The fourth-order valence-corrected chi connectivity index (χ4v) is 1.57. The quantitative estimate of drug-likeness (QED) is 0.524. The monoisotopic (exact) mass is 182 g/mol. The molecule has 0 saturated carbocycles. The van der Waals surface area contributed by atoms with Crippen molar-refractivity contribution in [3.8, 4) is 6.07 Å². The van der Waals surface area contributed by atoms with E-state index >= 15 is 0 Å². The Morgan fingerprint density at radius 2 is 2.42 bits per heavy atom. The van der Waals surface area contributed by atoms with Crippen LogP contribution in [0.5, 0.6) is 0 Å². The van der Waals surface area contributed by atoms with Gasteiger partial charge in [-0.15, -0.1) is 11.3 Å². The Morgan fingerprint density at radius 3 is 2.92 bits per heavy atom. The summed E-state index contributed by atoms with van der Waals surface area (Å²) in [7, 11) is 0. The molecule has 1 aromatic heterocycles. The van der Waals surface area contributed by atoms with Crippen molar-refractivity contribution in [2.75, 3.05) is 6.54 Å². The molecule has 0 spiro atoms. The average molecular weight is 182 g/mol. The van der Waals surface area contributed by atoms with E-state index in [1.165, 1.54) is 11.3 Å². The zero-order valence-corrected chi connectivity index (χ0v) is 7.00. The molecule has 0 saturated heterocycles. The molecule has 0 aromatic carbocycles. The summed E-state index contributed by atoms with van der Waals surface area (Å²) in [6.07, 6.45) is 0.416. The van der Waals surface area contributed by atoms with E-state index < -0.39 is 0 Å². The lowest BCUT2D eigenvalue weighted by Gasteiger charge is -1.88. The fraction of sp³-hybridized carbons (Fsp3) is 0.286. The highest BCUT2D eigenvalue weighted by atomic mass is 32.1. The summed E-state index contributed by atoms with van der Waals surface area (Å²) in [4.78, 5) is 11.1. The molecular formula is C7H6N2O2S. The SMILES string of the molecule is N#Cc1ccc(CC[N+](=O)[O-])s1. The van der Waals surface area contributed by atoms with Gasteiger partial charge in [-0.25, -0.2) is 0 Å². The molecule has 0 N–H and O–H groups in total. The normalized spacial score (nSPS) is 9.25. The average Bonchev–Trinajstić information content (AvgIpc) is 2.48. The number of nitrogens with zero attached hydrogens (tertiary/aromatic N) is 2. The molecule has 1 aromatic rings. The van der Waals surface area contributed by atoms with Crippen molar-refractivity contribution in [3.05, 3.63) is 32.0 Å². The van der Waals surface area contributed by atoms with E-state index in [-0.39, 0.29) is 11.5 Å². The van der Waals surface area contributed by atoms with Crippen molar-refractivity contribution < 1.29 is 4.92 Å². The maximum Gasteiger partial charge on any atom is 0.208 e. The van der Waals surface area contributed by atoms with Crippen LogP contribution in [0, 0.1) is 21.4 Å². The number of hydrogen-bond acceptors (Lipinski definition) is 4. The third kappa shape index (κ3) is 2.32. The zero-order valence-electron chi connectivity index (χ0n) is 6.19. The van der Waals surface area contributed by atoms with Crippen molar-refractivity contribution in [1.82, 2.24) is 0 Å². The summed E-state index contributed by atoms with van der Waals surface area (Å²) >= 11 is 1.31. The second-order valence-electron chi connectivity index (χ2n) is 2.18. The summed E-state index contributed by atoms with van der Waals surface area (Å²) in [5.74, 6) is 0. The first kappa shape index (κ1) is 8.68. The summed E-state index contributed by atoms with van der Waals surface area (Å²) in [5, 5.41) is 18.4. The van der Waals surface area contributed by atoms with Crippen LogP contribution in [0.4, 0.5) is 0 Å². The van der Waals surface area contributed by atoms with Crippen LogP contribution >= 0.6 is 11.3 Å². The molecule has 4 nitrogen and oxygen atoms in total. The third-order valence-electron chi connectivity index (χ3n) is 1.31. The van der Waals surface area contributed by atoms with Gasteiger partial charge in [-0.1, -0.05) is 0 Å². The van der Waals surface area contributed by atoms with Gasteiger partial charge in [0.05, 0.1) is 0 Å². The highest BCUT2D eigenvalue weighted by Gasteiger charge is 2.02. The van der Waals surface area contributed by atoms with Gasteiger partial charge in [0.2, 0.25) is 6.54 Å². The van der Waals surface area contributed by atoms with Gasteiger partial charge >= 0.3 is 0 Å². The summed E-state index contributed by atoms with van der Waals surface area (Å²) in [6.45, 7) is -0.0641. The minimum atomic E-state index is -0.355. The number of nitro groups is 1. The largest absolute Gasteiger partial charge is 0.265 e. The number of thiophene rings is 1. The molecule has 0 atom stereocenters. The van der Waals surface area contributed by atoms with E-state index in [1.54, 1.807) is 12.1 Å². The van der Waals surface area contributed by atoms with Gasteiger partial charge in [0.15, 0.2) is 0 Å². The van der Waals surface area contributed by atoms with Crippen molar-refractivity contribution in [3.63, 3.8) is 0 Å². The highest BCUT2D eigenvalue weighted by Crippen LogP contribution is 2.15. The van der Waals surface area contributed by atoms with Crippen molar-refractivity contribution in [2.24, 2.45) is 0 Å². The van der Waals surface area contributed by atoms with Crippen LogP contribution in [0.1, 0.15) is 9.75 Å². The van der Waals surface area contributed by atoms with Crippen molar-refractivity contribution >= 4 is 11.3 Å². The number of nitriles is 1. The first-order valence-corrected chi connectivity index (χ1v) is 4.14. The Labute approximate surface area is 73.2 Å². The van der Waals surface area contributed by atoms with Crippen LogP contribution in [0.15, 0.2) is 12.1 Å². The van der Waals surface area contributed by atoms with Gasteiger partial charge < -0.3 is 0 Å². The molecule has 62 valence electrons. The first-order chi connectivity index (χ1) is 5.72. The predicted molar refractivity (Wildman–Crippen MR) is 44.6 cm³/mol. The lowest BCUT2D eigenvalue weighted by Crippen LogP contribution is -2.02. The van der Waals surface area contributed by atoms with Gasteiger partial charge in [-0.3, -0.25) is 10.1 Å². The number of rotatable bonds is 3. The van der Waals surface area contributed by atoms with Crippen LogP contribution in [-0.2, 0) is 6.42 Å². The molecule has 0 aliphatic carbocycles. The molecule has 0 fully saturated rings. The lowest BCUT2D eigenvalue weighted by atomic mass is 10.3. The minimum absolute atomic E-state index is 0.0641. The second kappa shape index (κ2) is 3.83. The number of hydrogen-bond donors (Lipinski definition) is 0. The minimum Gasteiger partial charge on any atom is -0.265 e. The zero-order chi connectivity index (χ0) is 8.97. The van der Waals surface area contributed by atoms with E-state index in [2.05, 4.69) is 0 Å². The summed E-state index contributed by atoms with van der Waals surface area (Å²) < 4.78 is 0. The predicted octanol–water partition coefficient (Wildman–Crippen LogP) is 1.44. The van der Waals surface area contributed by atoms with Gasteiger partial charge in [-0.05, 0) is 12.1 Å². The summed E-state index contributed by atoms with van der Waals surface area (Å²) in [5.41, 5.74) is 0. The Morgan fingerprint density at radius 1 is 1.67 bits per heavy atom. The molecule has 0 unspecified atom stereocenters. The maximum absolute atomic E-state index is 9.99. The second-order valence-corrected chi connectivity index (χ2v) is 3.35. The Kier molecular flexibility index (Phi) is 2.77. The van der Waals surface area contributed by atoms with Crippen LogP contribution in [-0.4, -0.2) is 11.5 Å². The molecule has 0 radical (unpaired) electrons. The molecule has 0 bridgehead atoms. The molecule has 12 heavy (non-hydrogen) atoms. The highest BCUT2D eigenvalue weighted by molar-refractivity contribution is 7.12. The molecule has 1 rings (SSSR count). The fourth-order valence-electron chi connectivity index (χ4n) is 0.774. The van der Waals surface area contributed by atoms with E-state index in [0.717, 1.165) is 4.88 Å². The van der Waals surface area contributed by atoms with Gasteiger partial charge in [-0.2, -0.15) is 5.26 Å². The molecule has 0 aliphatic rings. The standard InChI is InChI=1S/C7H6N2O2S/c8-5-7-2-1-6(12-7)3-4-9(10)11/h1-2H,3-4H2. The van der Waals surface area contributed by atoms with Crippen LogP contribution < -0.4 is 0 Å². The van der Waals surface area contributed by atoms with Crippen molar-refractivity contribution in [2.45, 2.75) is 6.42 Å². The molecule has 1 heterocycles. The van der Waals surface area contributed by atoms with Gasteiger partial charge in [0.25, 0.3) is 0 Å². The van der Waals surface area contributed by atoms with Crippen LogP contribution in [0.3, 0.4) is 0 Å². The molecule has 0 amide bonds. The van der Waals surface area contributed by atoms with Crippen molar-refractivity contribution in [1.29, 1.82) is 5.26 Å². The molecular weight excluding hydrogens is 176 g/mol. The van der Waals surface area contributed by atoms with E-state index in [9.17, 15) is 10.1 Å². The smallest absolute Gasteiger partial charge is 0.208 e. The van der Waals surface area contributed by atoms with Gasteiger partial charge in [0.1, 0.15) is 10.9 Å². The Balaban J connectivity index is 2.54. The van der Waals surface area contributed by atoms with Crippen LogP contribution in [0.2, 0.25) is 0 Å². The first-order valence-electron chi connectivity index (χ1n) is 3.33. The Bertz CT molecular complexity index is 326. The third-order valence-corrected chi connectivity index (χ3v) is 2.36. The topological polar surface area (TPSA) is 66.9 Å².